The maximum Gasteiger partial charge on any atom is 0.0400 e. The zero-order chi connectivity index (χ0) is 11.5. The minimum absolute atomic E-state index is 0.653. The van der Waals surface area contributed by atoms with Gasteiger partial charge >= 0.3 is 0 Å². The van der Waals surface area contributed by atoms with Crippen LogP contribution < -0.4 is 10.6 Å². The lowest BCUT2D eigenvalue weighted by molar-refractivity contribution is 0.633. The van der Waals surface area contributed by atoms with Gasteiger partial charge in [-0.1, -0.05) is 17.7 Å². The van der Waals surface area contributed by atoms with Gasteiger partial charge in [0.05, 0.1) is 0 Å². The third kappa shape index (κ3) is 2.56. The van der Waals surface area contributed by atoms with Gasteiger partial charge in [-0.2, -0.15) is 0 Å². The molecule has 2 heteroatoms. The molecule has 1 atom stereocenters. The zero-order valence-corrected chi connectivity index (χ0v) is 10.6. The van der Waals surface area contributed by atoms with Gasteiger partial charge in [0.1, 0.15) is 0 Å². The van der Waals surface area contributed by atoms with Crippen molar-refractivity contribution in [3.63, 3.8) is 0 Å². The van der Waals surface area contributed by atoms with Crippen molar-refractivity contribution >= 4 is 5.69 Å². The Morgan fingerprint density at radius 2 is 1.94 bits per heavy atom. The normalized spacial score (nSPS) is 20.1. The van der Waals surface area contributed by atoms with Crippen LogP contribution in [-0.2, 0) is 0 Å². The number of nitrogens with one attached hydrogen (secondary N) is 2. The first-order valence-electron chi connectivity index (χ1n) is 6.22. The van der Waals surface area contributed by atoms with Gasteiger partial charge in [-0.05, 0) is 51.3 Å². The van der Waals surface area contributed by atoms with E-state index in [4.69, 9.17) is 0 Å². The molecular weight excluding hydrogens is 196 g/mol. The number of aryl methyl sites for hydroxylation is 3. The topological polar surface area (TPSA) is 24.1 Å². The summed E-state index contributed by atoms with van der Waals surface area (Å²) in [7, 11) is 0. The molecule has 0 radical (unpaired) electrons. The Kier molecular flexibility index (Phi) is 3.49. The van der Waals surface area contributed by atoms with Crippen molar-refractivity contribution < 1.29 is 0 Å². The van der Waals surface area contributed by atoms with E-state index in [-0.39, 0.29) is 0 Å². The van der Waals surface area contributed by atoms with Gasteiger partial charge in [-0.25, -0.2) is 0 Å². The second kappa shape index (κ2) is 4.88. The minimum Gasteiger partial charge on any atom is -0.383 e. The Labute approximate surface area is 98.4 Å². The van der Waals surface area contributed by atoms with Crippen LogP contribution >= 0.6 is 0 Å². The van der Waals surface area contributed by atoms with E-state index in [0.717, 1.165) is 6.54 Å². The fourth-order valence-electron chi connectivity index (χ4n) is 2.62. The molecule has 0 saturated carbocycles. The summed E-state index contributed by atoms with van der Waals surface area (Å²) in [6, 6.07) is 5.15. The molecule has 0 spiro atoms. The van der Waals surface area contributed by atoms with E-state index in [1.165, 1.54) is 41.8 Å². The van der Waals surface area contributed by atoms with Crippen LogP contribution in [0.25, 0.3) is 0 Å². The molecule has 88 valence electrons. The monoisotopic (exact) mass is 218 g/mol. The van der Waals surface area contributed by atoms with Crippen LogP contribution in [0, 0.1) is 20.8 Å². The fraction of sp³-hybridized carbons (Fsp3) is 0.571. The smallest absolute Gasteiger partial charge is 0.0400 e. The quantitative estimate of drug-likeness (QED) is 0.815. The number of hydrogen-bond donors (Lipinski definition) is 2. The van der Waals surface area contributed by atoms with E-state index in [1.807, 2.05) is 0 Å². The fourth-order valence-corrected chi connectivity index (χ4v) is 2.62. The summed E-state index contributed by atoms with van der Waals surface area (Å²) < 4.78 is 0. The average Bonchev–Trinajstić information content (AvgIpc) is 2.68. The van der Waals surface area contributed by atoms with Crippen molar-refractivity contribution in [3.8, 4) is 0 Å². The first kappa shape index (κ1) is 11.5. The highest BCUT2D eigenvalue weighted by atomic mass is 15.0. The highest BCUT2D eigenvalue weighted by Crippen LogP contribution is 2.22. The minimum atomic E-state index is 0.653. The van der Waals surface area contributed by atoms with E-state index in [2.05, 4.69) is 43.5 Å². The SMILES string of the molecule is Cc1cc(C)c(NC[C@@H]2CCCN2)c(C)c1. The van der Waals surface area contributed by atoms with Gasteiger partial charge in [-0.3, -0.25) is 0 Å². The first-order chi connectivity index (χ1) is 7.66. The second-order valence-corrected chi connectivity index (χ2v) is 4.95. The van der Waals surface area contributed by atoms with E-state index < -0.39 is 0 Å². The van der Waals surface area contributed by atoms with E-state index >= 15 is 0 Å². The molecule has 0 unspecified atom stereocenters. The van der Waals surface area contributed by atoms with Gasteiger partial charge in [0.25, 0.3) is 0 Å². The van der Waals surface area contributed by atoms with Crippen molar-refractivity contribution in [1.29, 1.82) is 0 Å². The van der Waals surface area contributed by atoms with E-state index in [9.17, 15) is 0 Å². The van der Waals surface area contributed by atoms with Crippen molar-refractivity contribution in [2.45, 2.75) is 39.7 Å². The Morgan fingerprint density at radius 1 is 1.25 bits per heavy atom. The largest absolute Gasteiger partial charge is 0.383 e. The molecule has 16 heavy (non-hydrogen) atoms. The van der Waals surface area contributed by atoms with Gasteiger partial charge in [-0.15, -0.1) is 0 Å². The van der Waals surface area contributed by atoms with Crippen molar-refractivity contribution in [3.05, 3.63) is 28.8 Å². The molecule has 2 rings (SSSR count). The van der Waals surface area contributed by atoms with Crippen LogP contribution in [-0.4, -0.2) is 19.1 Å². The molecule has 0 amide bonds. The van der Waals surface area contributed by atoms with Crippen LogP contribution in [0.5, 0.6) is 0 Å². The van der Waals surface area contributed by atoms with Crippen molar-refractivity contribution in [1.82, 2.24) is 5.32 Å². The van der Waals surface area contributed by atoms with Crippen LogP contribution in [0.2, 0.25) is 0 Å². The summed E-state index contributed by atoms with van der Waals surface area (Å²) in [5.74, 6) is 0. The van der Waals surface area contributed by atoms with Gasteiger partial charge < -0.3 is 10.6 Å². The van der Waals surface area contributed by atoms with Crippen LogP contribution in [0.3, 0.4) is 0 Å². The third-order valence-electron chi connectivity index (χ3n) is 3.36. The summed E-state index contributed by atoms with van der Waals surface area (Å²) in [4.78, 5) is 0. The molecule has 1 aliphatic rings. The lowest BCUT2D eigenvalue weighted by atomic mass is 10.0. The summed E-state index contributed by atoms with van der Waals surface area (Å²) in [5, 5.41) is 7.10. The Balaban J connectivity index is 2.03. The Hall–Kier alpha value is -1.02. The van der Waals surface area contributed by atoms with Gasteiger partial charge in [0, 0.05) is 18.3 Å². The van der Waals surface area contributed by atoms with Crippen LogP contribution in [0.15, 0.2) is 12.1 Å². The summed E-state index contributed by atoms with van der Waals surface area (Å²) in [6.07, 6.45) is 2.62. The number of hydrogen-bond acceptors (Lipinski definition) is 2. The van der Waals surface area contributed by atoms with Crippen LogP contribution in [0.1, 0.15) is 29.5 Å². The maximum absolute atomic E-state index is 3.59. The molecule has 1 fully saturated rings. The van der Waals surface area contributed by atoms with E-state index in [0.29, 0.717) is 6.04 Å². The van der Waals surface area contributed by atoms with Crippen LogP contribution in [0.4, 0.5) is 5.69 Å². The van der Waals surface area contributed by atoms with Crippen molar-refractivity contribution in [2.24, 2.45) is 0 Å². The van der Waals surface area contributed by atoms with Gasteiger partial charge in [0.15, 0.2) is 0 Å². The molecule has 0 aromatic heterocycles. The van der Waals surface area contributed by atoms with Crippen molar-refractivity contribution in [2.75, 3.05) is 18.4 Å². The molecule has 1 aromatic carbocycles. The number of benzene rings is 1. The molecule has 2 N–H and O–H groups in total. The predicted molar refractivity (Wildman–Crippen MR) is 70.2 cm³/mol. The van der Waals surface area contributed by atoms with E-state index in [1.54, 1.807) is 0 Å². The van der Waals surface area contributed by atoms with Gasteiger partial charge in [0.2, 0.25) is 0 Å². The molecule has 1 aliphatic heterocycles. The molecule has 0 bridgehead atoms. The number of rotatable bonds is 3. The molecule has 1 heterocycles. The highest BCUT2D eigenvalue weighted by Gasteiger charge is 2.14. The summed E-state index contributed by atoms with van der Waals surface area (Å²) in [5.41, 5.74) is 5.38. The molecule has 1 saturated heterocycles. The lowest BCUT2D eigenvalue weighted by Gasteiger charge is -2.17. The Morgan fingerprint density at radius 3 is 2.50 bits per heavy atom. The summed E-state index contributed by atoms with van der Waals surface area (Å²) in [6.45, 7) is 8.75. The molecule has 1 aromatic rings. The third-order valence-corrected chi connectivity index (χ3v) is 3.36. The first-order valence-corrected chi connectivity index (χ1v) is 6.22. The molecule has 2 nitrogen and oxygen atoms in total. The summed E-state index contributed by atoms with van der Waals surface area (Å²) >= 11 is 0. The number of anilines is 1. The highest BCUT2D eigenvalue weighted by molar-refractivity contribution is 5.58. The zero-order valence-electron chi connectivity index (χ0n) is 10.6. The standard InChI is InChI=1S/C14H22N2/c1-10-7-11(2)14(12(3)8-10)16-9-13-5-4-6-15-13/h7-8,13,15-16H,4-6,9H2,1-3H3/t13-/m0/s1. The Bertz CT molecular complexity index is 342. The predicted octanol–water partition coefficient (Wildman–Crippen LogP) is 2.78. The second-order valence-electron chi connectivity index (χ2n) is 4.95. The maximum atomic E-state index is 3.59. The molecular formula is C14H22N2. The molecule has 0 aliphatic carbocycles. The average molecular weight is 218 g/mol. The lowest BCUT2D eigenvalue weighted by Crippen LogP contribution is -2.29.